The first kappa shape index (κ1) is 12.4. The third-order valence-electron chi connectivity index (χ3n) is 3.08. The Balaban J connectivity index is 1.71. The number of rotatable bonds is 5. The molecule has 0 spiro atoms. The van der Waals surface area contributed by atoms with Crippen molar-refractivity contribution in [1.29, 1.82) is 0 Å². The number of ether oxygens (including phenoxy) is 1. The lowest BCUT2D eigenvalue weighted by atomic mass is 10.00. The van der Waals surface area contributed by atoms with Crippen LogP contribution in [0.3, 0.4) is 0 Å². The van der Waals surface area contributed by atoms with Gasteiger partial charge in [0.15, 0.2) is 0 Å². The zero-order valence-electron chi connectivity index (χ0n) is 9.54. The Morgan fingerprint density at radius 3 is 3.19 bits per heavy atom. The Morgan fingerprint density at radius 2 is 2.50 bits per heavy atom. The summed E-state index contributed by atoms with van der Waals surface area (Å²) in [7, 11) is 0. The van der Waals surface area contributed by atoms with Crippen molar-refractivity contribution in [3.05, 3.63) is 21.3 Å². The van der Waals surface area contributed by atoms with Gasteiger partial charge < -0.3 is 10.1 Å². The summed E-state index contributed by atoms with van der Waals surface area (Å²) in [6.45, 7) is 5.09. The molecule has 1 aromatic heterocycles. The summed E-state index contributed by atoms with van der Waals surface area (Å²) in [4.78, 5) is 1.30. The van der Waals surface area contributed by atoms with Gasteiger partial charge in [-0.05, 0) is 24.8 Å². The van der Waals surface area contributed by atoms with Gasteiger partial charge in [0.05, 0.1) is 11.1 Å². The van der Waals surface area contributed by atoms with Gasteiger partial charge in [-0.25, -0.2) is 0 Å². The molecule has 0 aliphatic carbocycles. The Labute approximate surface area is 106 Å². The van der Waals surface area contributed by atoms with E-state index >= 15 is 0 Å². The first-order valence-electron chi connectivity index (χ1n) is 5.85. The van der Waals surface area contributed by atoms with Gasteiger partial charge in [-0.15, -0.1) is 11.3 Å². The second kappa shape index (κ2) is 6.01. The van der Waals surface area contributed by atoms with Crippen LogP contribution in [0.25, 0.3) is 0 Å². The molecule has 0 bridgehead atoms. The second-order valence-electron chi connectivity index (χ2n) is 4.23. The van der Waals surface area contributed by atoms with Crippen molar-refractivity contribution in [3.8, 4) is 0 Å². The second-order valence-corrected chi connectivity index (χ2v) is 5.66. The third kappa shape index (κ3) is 3.20. The molecule has 2 rings (SSSR count). The number of hydrogen-bond donors (Lipinski definition) is 1. The largest absolute Gasteiger partial charge is 0.378 e. The Hall–Kier alpha value is -0.0900. The standard InChI is InChI=1S/C12H18ClNOS/c1-2-12-9(3-4-15-12)6-14-7-11-5-10(13)8-16-11/h5,8-9,12,14H,2-4,6-7H2,1H3. The van der Waals surface area contributed by atoms with E-state index in [0.29, 0.717) is 12.0 Å². The molecule has 1 saturated heterocycles. The highest BCUT2D eigenvalue weighted by atomic mass is 35.5. The van der Waals surface area contributed by atoms with E-state index in [4.69, 9.17) is 16.3 Å². The van der Waals surface area contributed by atoms with Gasteiger partial charge in [0, 0.05) is 30.0 Å². The summed E-state index contributed by atoms with van der Waals surface area (Å²) < 4.78 is 5.66. The van der Waals surface area contributed by atoms with Crippen LogP contribution in [0.2, 0.25) is 5.02 Å². The smallest absolute Gasteiger partial charge is 0.0613 e. The van der Waals surface area contributed by atoms with E-state index in [1.54, 1.807) is 11.3 Å². The number of hydrogen-bond acceptors (Lipinski definition) is 3. The molecule has 0 radical (unpaired) electrons. The van der Waals surface area contributed by atoms with Crippen LogP contribution in [0.4, 0.5) is 0 Å². The maximum Gasteiger partial charge on any atom is 0.0613 e. The summed E-state index contributed by atoms with van der Waals surface area (Å²) in [5, 5.41) is 6.32. The van der Waals surface area contributed by atoms with Crippen LogP contribution >= 0.6 is 22.9 Å². The Kier molecular flexibility index (Phi) is 4.65. The van der Waals surface area contributed by atoms with E-state index in [1.165, 1.54) is 11.3 Å². The van der Waals surface area contributed by atoms with Crippen LogP contribution < -0.4 is 5.32 Å². The summed E-state index contributed by atoms with van der Waals surface area (Å²) >= 11 is 7.59. The van der Waals surface area contributed by atoms with Crippen LogP contribution in [-0.2, 0) is 11.3 Å². The summed E-state index contributed by atoms with van der Waals surface area (Å²) in [6.07, 6.45) is 2.77. The lowest BCUT2D eigenvalue weighted by molar-refractivity contribution is 0.0872. The van der Waals surface area contributed by atoms with Gasteiger partial charge in [0.25, 0.3) is 0 Å². The van der Waals surface area contributed by atoms with Gasteiger partial charge in [-0.1, -0.05) is 18.5 Å². The van der Waals surface area contributed by atoms with E-state index in [9.17, 15) is 0 Å². The lowest BCUT2D eigenvalue weighted by Crippen LogP contribution is -2.27. The molecular formula is C12H18ClNOS. The van der Waals surface area contributed by atoms with E-state index < -0.39 is 0 Å². The van der Waals surface area contributed by atoms with Crippen molar-refractivity contribution < 1.29 is 4.74 Å². The average Bonchev–Trinajstić information content (AvgIpc) is 2.87. The molecule has 1 aliphatic rings. The normalized spacial score (nSPS) is 25.1. The number of nitrogens with one attached hydrogen (secondary N) is 1. The lowest BCUT2D eigenvalue weighted by Gasteiger charge is -2.16. The monoisotopic (exact) mass is 259 g/mol. The van der Waals surface area contributed by atoms with Crippen LogP contribution in [0.1, 0.15) is 24.6 Å². The van der Waals surface area contributed by atoms with Crippen molar-refractivity contribution in [2.45, 2.75) is 32.4 Å². The van der Waals surface area contributed by atoms with E-state index in [1.807, 2.05) is 11.4 Å². The average molecular weight is 260 g/mol. The Bertz CT molecular complexity index is 329. The summed E-state index contributed by atoms with van der Waals surface area (Å²) in [5.41, 5.74) is 0. The fourth-order valence-electron chi connectivity index (χ4n) is 2.20. The zero-order chi connectivity index (χ0) is 11.4. The number of halogens is 1. The first-order chi connectivity index (χ1) is 7.79. The topological polar surface area (TPSA) is 21.3 Å². The minimum Gasteiger partial charge on any atom is -0.378 e. The molecule has 0 amide bonds. The number of thiophene rings is 1. The fourth-order valence-corrected chi connectivity index (χ4v) is 3.25. The third-order valence-corrected chi connectivity index (χ3v) is 4.36. The van der Waals surface area contributed by atoms with Gasteiger partial charge in [0.2, 0.25) is 0 Å². The fraction of sp³-hybridized carbons (Fsp3) is 0.667. The molecule has 4 heteroatoms. The van der Waals surface area contributed by atoms with Crippen molar-refractivity contribution in [2.24, 2.45) is 5.92 Å². The minimum absolute atomic E-state index is 0.458. The SMILES string of the molecule is CCC1OCCC1CNCc1cc(Cl)cs1. The highest BCUT2D eigenvalue weighted by Gasteiger charge is 2.25. The molecule has 2 unspecified atom stereocenters. The molecule has 90 valence electrons. The molecule has 2 heterocycles. The molecular weight excluding hydrogens is 242 g/mol. The highest BCUT2D eigenvalue weighted by molar-refractivity contribution is 7.10. The van der Waals surface area contributed by atoms with Crippen molar-refractivity contribution >= 4 is 22.9 Å². The molecule has 1 aromatic rings. The van der Waals surface area contributed by atoms with Crippen LogP contribution in [-0.4, -0.2) is 19.3 Å². The summed E-state index contributed by atoms with van der Waals surface area (Å²) in [5.74, 6) is 0.681. The summed E-state index contributed by atoms with van der Waals surface area (Å²) in [6, 6.07) is 2.03. The maximum absolute atomic E-state index is 5.87. The molecule has 0 aromatic carbocycles. The van der Waals surface area contributed by atoms with Gasteiger partial charge >= 0.3 is 0 Å². The van der Waals surface area contributed by atoms with E-state index in [-0.39, 0.29) is 0 Å². The van der Waals surface area contributed by atoms with E-state index in [0.717, 1.165) is 31.1 Å². The molecule has 1 N–H and O–H groups in total. The van der Waals surface area contributed by atoms with Crippen molar-refractivity contribution in [2.75, 3.05) is 13.2 Å². The zero-order valence-corrected chi connectivity index (χ0v) is 11.1. The molecule has 1 aliphatic heterocycles. The van der Waals surface area contributed by atoms with Crippen molar-refractivity contribution in [1.82, 2.24) is 5.32 Å². The first-order valence-corrected chi connectivity index (χ1v) is 7.10. The predicted octanol–water partition coefficient (Wildman–Crippen LogP) is 3.31. The molecule has 1 fully saturated rings. The van der Waals surface area contributed by atoms with Gasteiger partial charge in [0.1, 0.15) is 0 Å². The quantitative estimate of drug-likeness (QED) is 0.876. The maximum atomic E-state index is 5.87. The molecule has 16 heavy (non-hydrogen) atoms. The van der Waals surface area contributed by atoms with Crippen LogP contribution in [0.15, 0.2) is 11.4 Å². The van der Waals surface area contributed by atoms with Gasteiger partial charge in [-0.2, -0.15) is 0 Å². The van der Waals surface area contributed by atoms with Crippen LogP contribution in [0, 0.1) is 5.92 Å². The highest BCUT2D eigenvalue weighted by Crippen LogP contribution is 2.23. The predicted molar refractivity (Wildman–Crippen MR) is 69.2 cm³/mol. The molecule has 0 saturated carbocycles. The Morgan fingerprint density at radius 1 is 1.62 bits per heavy atom. The van der Waals surface area contributed by atoms with Crippen molar-refractivity contribution in [3.63, 3.8) is 0 Å². The molecule has 2 nitrogen and oxygen atoms in total. The van der Waals surface area contributed by atoms with E-state index in [2.05, 4.69) is 12.2 Å². The van der Waals surface area contributed by atoms with Gasteiger partial charge in [-0.3, -0.25) is 0 Å². The van der Waals surface area contributed by atoms with Crippen LogP contribution in [0.5, 0.6) is 0 Å². The molecule has 2 atom stereocenters. The minimum atomic E-state index is 0.458.